The van der Waals surface area contributed by atoms with Crippen LogP contribution in [0.5, 0.6) is 5.75 Å². The van der Waals surface area contributed by atoms with Gasteiger partial charge in [-0.1, -0.05) is 109 Å². The third-order valence-corrected chi connectivity index (χ3v) is 8.54. The van der Waals surface area contributed by atoms with E-state index in [1.165, 1.54) is 83.5 Å². The van der Waals surface area contributed by atoms with Crippen molar-refractivity contribution in [2.45, 2.75) is 127 Å². The van der Waals surface area contributed by atoms with Gasteiger partial charge in [0.05, 0.1) is 12.9 Å². The lowest BCUT2D eigenvalue weighted by Crippen LogP contribution is -2.39. The van der Waals surface area contributed by atoms with Gasteiger partial charge in [0, 0.05) is 12.5 Å². The van der Waals surface area contributed by atoms with E-state index in [1.54, 1.807) is 18.9 Å². The molecule has 2 amide bonds. The predicted molar refractivity (Wildman–Crippen MR) is 152 cm³/mol. The molecular weight excluding hydrogens is 468 g/mol. The van der Waals surface area contributed by atoms with Crippen LogP contribution in [0, 0.1) is 0 Å². The van der Waals surface area contributed by atoms with Crippen LogP contribution in [0.2, 0.25) is 0 Å². The van der Waals surface area contributed by atoms with Gasteiger partial charge in [0.15, 0.2) is 0 Å². The molecule has 0 aliphatic carbocycles. The number of ether oxygens (including phenoxy) is 1. The minimum absolute atomic E-state index is 0.00655. The van der Waals surface area contributed by atoms with Crippen LogP contribution >= 0.6 is 11.8 Å². The third-order valence-electron chi connectivity index (χ3n) is 7.31. The Labute approximate surface area is 224 Å². The second kappa shape index (κ2) is 18.5. The van der Waals surface area contributed by atoms with Gasteiger partial charge in [-0.15, -0.1) is 11.8 Å². The molecule has 2 unspecified atom stereocenters. The zero-order valence-corrected chi connectivity index (χ0v) is 23.7. The van der Waals surface area contributed by atoms with Crippen LogP contribution in [-0.2, 0) is 9.59 Å². The monoisotopic (exact) mass is 518 g/mol. The maximum absolute atomic E-state index is 12.9. The zero-order chi connectivity index (χ0) is 26.0. The topological polar surface area (TPSA) is 72.6 Å². The fraction of sp³-hybridized carbons (Fsp3) is 0.733. The summed E-state index contributed by atoms with van der Waals surface area (Å²) in [5.41, 5.74) is 6.58. The summed E-state index contributed by atoms with van der Waals surface area (Å²) >= 11 is 1.67. The molecule has 0 bridgehead atoms. The first-order valence-electron chi connectivity index (χ1n) is 14.4. The van der Waals surface area contributed by atoms with Crippen molar-refractivity contribution in [2.24, 2.45) is 5.73 Å². The van der Waals surface area contributed by atoms with E-state index in [0.717, 1.165) is 24.2 Å². The molecule has 0 radical (unpaired) electrons. The van der Waals surface area contributed by atoms with E-state index in [-0.39, 0.29) is 23.2 Å². The number of hydrogen-bond acceptors (Lipinski definition) is 4. The summed E-state index contributed by atoms with van der Waals surface area (Å²) in [5.74, 6) is 1.18. The molecule has 204 valence electrons. The van der Waals surface area contributed by atoms with Crippen molar-refractivity contribution in [3.8, 4) is 5.75 Å². The number of rotatable bonds is 21. The molecule has 1 aromatic carbocycles. The van der Waals surface area contributed by atoms with Crippen molar-refractivity contribution < 1.29 is 14.3 Å². The predicted octanol–water partition coefficient (Wildman–Crippen LogP) is 7.77. The van der Waals surface area contributed by atoms with Crippen LogP contribution in [0.15, 0.2) is 24.3 Å². The van der Waals surface area contributed by atoms with Crippen molar-refractivity contribution in [3.05, 3.63) is 29.8 Å². The smallest absolute Gasteiger partial charge is 0.234 e. The molecule has 1 fully saturated rings. The van der Waals surface area contributed by atoms with Crippen LogP contribution in [0.25, 0.3) is 0 Å². The summed E-state index contributed by atoms with van der Waals surface area (Å²) < 4.78 is 5.29. The van der Waals surface area contributed by atoms with Crippen molar-refractivity contribution in [2.75, 3.05) is 12.9 Å². The molecule has 1 aromatic rings. The van der Waals surface area contributed by atoms with Crippen LogP contribution in [0.1, 0.15) is 127 Å². The molecule has 1 aliphatic rings. The van der Waals surface area contributed by atoms with E-state index >= 15 is 0 Å². The number of thioether (sulfide) groups is 1. The largest absolute Gasteiger partial charge is 0.497 e. The van der Waals surface area contributed by atoms with Crippen LogP contribution in [-0.4, -0.2) is 35.6 Å². The van der Waals surface area contributed by atoms with Crippen LogP contribution in [0.4, 0.5) is 0 Å². The Balaban J connectivity index is 1.71. The summed E-state index contributed by atoms with van der Waals surface area (Å²) in [6, 6.07) is 8.04. The van der Waals surface area contributed by atoms with Crippen LogP contribution < -0.4 is 10.5 Å². The molecule has 0 aromatic heterocycles. The van der Waals surface area contributed by atoms with Gasteiger partial charge < -0.3 is 15.4 Å². The quantitative estimate of drug-likeness (QED) is 0.169. The maximum Gasteiger partial charge on any atom is 0.234 e. The number of carbonyl (C=O) groups excluding carboxylic acids is 2. The Morgan fingerprint density at radius 2 is 1.44 bits per heavy atom. The maximum atomic E-state index is 12.9. The van der Waals surface area contributed by atoms with Gasteiger partial charge in [-0.05, 0) is 30.5 Å². The first-order chi connectivity index (χ1) is 17.6. The average Bonchev–Trinajstić information content (AvgIpc) is 3.27. The molecular formula is C30H50N2O3S. The minimum atomic E-state index is -0.291. The van der Waals surface area contributed by atoms with Crippen LogP contribution in [0.3, 0.4) is 0 Å². The van der Waals surface area contributed by atoms with Gasteiger partial charge in [-0.3, -0.25) is 9.59 Å². The summed E-state index contributed by atoms with van der Waals surface area (Å²) in [6.07, 6.45) is 20.6. The number of amides is 2. The number of primary amides is 1. The van der Waals surface area contributed by atoms with E-state index in [9.17, 15) is 9.59 Å². The number of nitrogens with two attached hydrogens (primary N) is 1. The van der Waals surface area contributed by atoms with Gasteiger partial charge >= 0.3 is 0 Å². The highest BCUT2D eigenvalue weighted by Crippen LogP contribution is 2.42. The third kappa shape index (κ3) is 11.6. The summed E-state index contributed by atoms with van der Waals surface area (Å²) in [7, 11) is 1.66. The van der Waals surface area contributed by atoms with Gasteiger partial charge in [0.1, 0.15) is 11.1 Å². The SMILES string of the molecule is CCCCCCCCCCCCCCCCC(CCC(N)=O)N1C(=O)CSC1c1ccc(OC)cc1. The molecule has 6 heteroatoms. The number of benzene rings is 1. The molecule has 2 N–H and O–H groups in total. The van der Waals surface area contributed by atoms with E-state index < -0.39 is 0 Å². The van der Waals surface area contributed by atoms with Gasteiger partial charge in [0.25, 0.3) is 0 Å². The molecule has 36 heavy (non-hydrogen) atoms. The summed E-state index contributed by atoms with van der Waals surface area (Å²) in [4.78, 5) is 26.4. The lowest BCUT2D eigenvalue weighted by Gasteiger charge is -2.33. The highest BCUT2D eigenvalue weighted by Gasteiger charge is 2.37. The molecule has 1 aliphatic heterocycles. The first kappa shape index (κ1) is 30.5. The molecule has 1 heterocycles. The second-order valence-electron chi connectivity index (χ2n) is 10.3. The Kier molecular flexibility index (Phi) is 15.7. The van der Waals surface area contributed by atoms with Crippen molar-refractivity contribution in [1.29, 1.82) is 0 Å². The summed E-state index contributed by atoms with van der Waals surface area (Å²) in [6.45, 7) is 2.27. The Morgan fingerprint density at radius 1 is 0.917 bits per heavy atom. The Hall–Kier alpha value is -1.69. The standard InChI is InChI=1S/C30H50N2O3S/c1-3-4-5-6-7-8-9-10-11-12-13-14-15-16-17-26(20-23-28(31)33)32-29(34)24-36-30(32)25-18-21-27(35-2)22-19-25/h18-19,21-22,26,30H,3-17,20,23-24H2,1-2H3,(H2,31,33). The highest BCUT2D eigenvalue weighted by molar-refractivity contribution is 8.00. The average molecular weight is 519 g/mol. The highest BCUT2D eigenvalue weighted by atomic mass is 32.2. The Morgan fingerprint density at radius 3 is 1.94 bits per heavy atom. The van der Waals surface area contributed by atoms with E-state index in [1.807, 2.05) is 29.2 Å². The Bertz CT molecular complexity index is 740. The molecule has 0 saturated carbocycles. The van der Waals surface area contributed by atoms with E-state index in [0.29, 0.717) is 18.6 Å². The number of nitrogens with zero attached hydrogens (tertiary/aromatic N) is 1. The zero-order valence-electron chi connectivity index (χ0n) is 22.8. The first-order valence-corrected chi connectivity index (χ1v) is 15.5. The lowest BCUT2D eigenvalue weighted by atomic mass is 9.99. The molecule has 5 nitrogen and oxygen atoms in total. The van der Waals surface area contributed by atoms with E-state index in [4.69, 9.17) is 10.5 Å². The fourth-order valence-electron chi connectivity index (χ4n) is 5.16. The summed E-state index contributed by atoms with van der Waals surface area (Å²) in [5, 5.41) is -0.00655. The second-order valence-corrected chi connectivity index (χ2v) is 11.3. The van der Waals surface area contributed by atoms with Crippen molar-refractivity contribution in [1.82, 2.24) is 4.90 Å². The minimum Gasteiger partial charge on any atom is -0.497 e. The number of unbranched alkanes of at least 4 members (excludes halogenated alkanes) is 13. The molecule has 2 rings (SSSR count). The van der Waals surface area contributed by atoms with Gasteiger partial charge in [-0.2, -0.15) is 0 Å². The molecule has 0 spiro atoms. The normalized spacial score (nSPS) is 16.4. The number of carbonyl (C=O) groups is 2. The molecule has 1 saturated heterocycles. The van der Waals surface area contributed by atoms with E-state index in [2.05, 4.69) is 6.92 Å². The fourth-order valence-corrected chi connectivity index (χ4v) is 6.41. The number of methoxy groups -OCH3 is 1. The van der Waals surface area contributed by atoms with Crippen molar-refractivity contribution in [3.63, 3.8) is 0 Å². The van der Waals surface area contributed by atoms with Crippen molar-refractivity contribution >= 4 is 23.6 Å². The van der Waals surface area contributed by atoms with Gasteiger partial charge in [-0.25, -0.2) is 0 Å². The lowest BCUT2D eigenvalue weighted by molar-refractivity contribution is -0.131. The molecule has 2 atom stereocenters. The van der Waals surface area contributed by atoms with Gasteiger partial charge in [0.2, 0.25) is 11.8 Å². The number of hydrogen-bond donors (Lipinski definition) is 1.